The summed E-state index contributed by atoms with van der Waals surface area (Å²) in [5.41, 5.74) is 4.10. The number of benzene rings is 1. The van der Waals surface area contributed by atoms with Crippen molar-refractivity contribution >= 4 is 22.5 Å². The van der Waals surface area contributed by atoms with Crippen LogP contribution in [0.5, 0.6) is 5.75 Å². The second-order valence-corrected chi connectivity index (χ2v) is 5.49. The van der Waals surface area contributed by atoms with Crippen molar-refractivity contribution in [3.63, 3.8) is 0 Å². The normalized spacial score (nSPS) is 11.0. The highest BCUT2D eigenvalue weighted by Gasteiger charge is 2.13. The van der Waals surface area contributed by atoms with Crippen LogP contribution in [-0.2, 0) is 7.05 Å². The molecule has 0 atom stereocenters. The zero-order chi connectivity index (χ0) is 16.4. The number of nitrogens with zero attached hydrogens (tertiary/aromatic N) is 4. The zero-order valence-corrected chi connectivity index (χ0v) is 13.9. The minimum absolute atomic E-state index is 0.479. The zero-order valence-electron chi connectivity index (χ0n) is 13.9. The molecule has 3 rings (SSSR count). The van der Waals surface area contributed by atoms with Crippen LogP contribution in [0.25, 0.3) is 11.0 Å². The second-order valence-electron chi connectivity index (χ2n) is 5.49. The van der Waals surface area contributed by atoms with E-state index in [1.165, 1.54) is 0 Å². The van der Waals surface area contributed by atoms with E-state index in [-0.39, 0.29) is 0 Å². The fraction of sp³-hybridized carbons (Fsp3) is 0.294. The van der Waals surface area contributed by atoms with Crippen molar-refractivity contribution in [1.82, 2.24) is 19.9 Å². The van der Waals surface area contributed by atoms with E-state index < -0.39 is 0 Å². The van der Waals surface area contributed by atoms with Gasteiger partial charge in [0.05, 0.1) is 18.0 Å². The van der Waals surface area contributed by atoms with Gasteiger partial charge in [-0.05, 0) is 26.1 Å². The van der Waals surface area contributed by atoms with Crippen LogP contribution in [0.15, 0.2) is 36.8 Å². The van der Waals surface area contributed by atoms with Crippen LogP contribution < -0.4 is 15.0 Å². The highest BCUT2D eigenvalue weighted by atomic mass is 16.5. The lowest BCUT2D eigenvalue weighted by atomic mass is 10.1. The first kappa shape index (κ1) is 15.3. The molecule has 23 heavy (non-hydrogen) atoms. The first-order chi connectivity index (χ1) is 11.1. The molecule has 0 unspecified atom stereocenters. The molecule has 0 aliphatic heterocycles. The number of rotatable bonds is 5. The quantitative estimate of drug-likeness (QED) is 0.734. The summed E-state index contributed by atoms with van der Waals surface area (Å²) in [7, 11) is 5.85. The molecule has 3 aromatic rings. The third-order valence-corrected chi connectivity index (χ3v) is 3.93. The lowest BCUT2D eigenvalue weighted by molar-refractivity contribution is 0.294. The number of imidazole rings is 1. The number of hydrogen-bond donors (Lipinski definition) is 1. The van der Waals surface area contributed by atoms with Crippen LogP contribution in [0.4, 0.5) is 11.5 Å². The number of pyridine rings is 1. The smallest absolute Gasteiger partial charge is 0.139 e. The fourth-order valence-corrected chi connectivity index (χ4v) is 2.60. The molecule has 0 spiro atoms. The number of hydrogen-bond acceptors (Lipinski definition) is 5. The van der Waals surface area contributed by atoms with Gasteiger partial charge in [0.25, 0.3) is 0 Å². The largest absolute Gasteiger partial charge is 0.478 e. The SMILES string of the molecule is CNCOc1cccc(N(C)c2cc3c(cn2)ncn3C)c1C. The Hall–Kier alpha value is -2.60. The van der Waals surface area contributed by atoms with Gasteiger partial charge in [0.2, 0.25) is 0 Å². The molecule has 2 heterocycles. The van der Waals surface area contributed by atoms with Crippen molar-refractivity contribution < 1.29 is 4.74 Å². The average Bonchev–Trinajstić information content (AvgIpc) is 2.94. The van der Waals surface area contributed by atoms with E-state index in [0.29, 0.717) is 6.73 Å². The van der Waals surface area contributed by atoms with Gasteiger partial charge in [-0.25, -0.2) is 9.97 Å². The summed E-state index contributed by atoms with van der Waals surface area (Å²) in [5.74, 6) is 1.74. The maximum absolute atomic E-state index is 5.72. The van der Waals surface area contributed by atoms with Gasteiger partial charge >= 0.3 is 0 Å². The molecule has 2 aromatic heterocycles. The van der Waals surface area contributed by atoms with E-state index in [2.05, 4.69) is 33.2 Å². The lowest BCUT2D eigenvalue weighted by Gasteiger charge is -2.22. The van der Waals surface area contributed by atoms with Crippen LogP contribution >= 0.6 is 0 Å². The molecule has 0 saturated carbocycles. The molecule has 0 aliphatic carbocycles. The van der Waals surface area contributed by atoms with Crippen molar-refractivity contribution in [2.24, 2.45) is 7.05 Å². The van der Waals surface area contributed by atoms with Crippen LogP contribution in [-0.4, -0.2) is 35.4 Å². The van der Waals surface area contributed by atoms with Gasteiger partial charge in [0.1, 0.15) is 23.8 Å². The molecule has 0 saturated heterocycles. The van der Waals surface area contributed by atoms with Crippen LogP contribution in [0.3, 0.4) is 0 Å². The van der Waals surface area contributed by atoms with Gasteiger partial charge < -0.3 is 14.2 Å². The highest BCUT2D eigenvalue weighted by molar-refractivity contribution is 5.79. The topological polar surface area (TPSA) is 55.2 Å². The number of aromatic nitrogens is 3. The van der Waals surface area contributed by atoms with Crippen molar-refractivity contribution in [1.29, 1.82) is 0 Å². The van der Waals surface area contributed by atoms with E-state index >= 15 is 0 Å². The molecule has 0 amide bonds. The molecule has 1 N–H and O–H groups in total. The Morgan fingerprint density at radius 2 is 2.13 bits per heavy atom. The van der Waals surface area contributed by atoms with Gasteiger partial charge in [-0.1, -0.05) is 6.07 Å². The van der Waals surface area contributed by atoms with Gasteiger partial charge in [-0.3, -0.25) is 5.32 Å². The second kappa shape index (κ2) is 6.26. The van der Waals surface area contributed by atoms with Crippen molar-refractivity contribution in [2.75, 3.05) is 25.7 Å². The third kappa shape index (κ3) is 2.85. The lowest BCUT2D eigenvalue weighted by Crippen LogP contribution is -2.16. The number of ether oxygens (including phenoxy) is 1. The Labute approximate surface area is 135 Å². The summed E-state index contributed by atoms with van der Waals surface area (Å²) in [4.78, 5) is 10.9. The number of fused-ring (bicyclic) bond motifs is 1. The minimum Gasteiger partial charge on any atom is -0.478 e. The Morgan fingerprint density at radius 1 is 1.30 bits per heavy atom. The van der Waals surface area contributed by atoms with Gasteiger partial charge in [0.15, 0.2) is 0 Å². The van der Waals surface area contributed by atoms with Crippen LogP contribution in [0, 0.1) is 6.92 Å². The molecule has 0 aliphatic rings. The van der Waals surface area contributed by atoms with Gasteiger partial charge in [-0.2, -0.15) is 0 Å². The van der Waals surface area contributed by atoms with Crippen LogP contribution in [0.1, 0.15) is 5.56 Å². The number of aryl methyl sites for hydroxylation is 1. The van der Waals surface area contributed by atoms with Gasteiger partial charge in [-0.15, -0.1) is 0 Å². The van der Waals surface area contributed by atoms with Crippen LogP contribution in [0.2, 0.25) is 0 Å². The summed E-state index contributed by atoms with van der Waals surface area (Å²) in [5, 5.41) is 2.99. The molecule has 6 heteroatoms. The Kier molecular flexibility index (Phi) is 4.16. The summed E-state index contributed by atoms with van der Waals surface area (Å²) in [6, 6.07) is 8.08. The molecular formula is C17H21N5O. The van der Waals surface area contributed by atoms with E-state index in [1.54, 1.807) is 12.5 Å². The predicted octanol–water partition coefficient (Wildman–Crippen LogP) is 2.60. The molecule has 0 radical (unpaired) electrons. The van der Waals surface area contributed by atoms with Crippen molar-refractivity contribution in [3.8, 4) is 5.75 Å². The number of anilines is 2. The molecule has 0 fully saturated rings. The summed E-state index contributed by atoms with van der Waals surface area (Å²) < 4.78 is 7.71. The number of nitrogens with one attached hydrogen (secondary N) is 1. The molecule has 6 nitrogen and oxygen atoms in total. The maximum Gasteiger partial charge on any atom is 0.139 e. The average molecular weight is 311 g/mol. The van der Waals surface area contributed by atoms with Gasteiger partial charge in [0, 0.05) is 31.4 Å². The molecular weight excluding hydrogens is 290 g/mol. The third-order valence-electron chi connectivity index (χ3n) is 3.93. The summed E-state index contributed by atoms with van der Waals surface area (Å²) in [6.07, 6.45) is 3.60. The van der Waals surface area contributed by atoms with Crippen molar-refractivity contribution in [3.05, 3.63) is 42.4 Å². The Bertz CT molecular complexity index is 827. The first-order valence-corrected chi connectivity index (χ1v) is 7.49. The predicted molar refractivity (Wildman–Crippen MR) is 92.3 cm³/mol. The van der Waals surface area contributed by atoms with E-state index in [9.17, 15) is 0 Å². The minimum atomic E-state index is 0.479. The molecule has 1 aromatic carbocycles. The first-order valence-electron chi connectivity index (χ1n) is 7.49. The Morgan fingerprint density at radius 3 is 2.91 bits per heavy atom. The van der Waals surface area contributed by atoms with E-state index in [1.807, 2.05) is 43.9 Å². The maximum atomic E-state index is 5.72. The highest BCUT2D eigenvalue weighted by Crippen LogP contribution is 2.32. The molecule has 0 bridgehead atoms. The Balaban J connectivity index is 1.98. The monoisotopic (exact) mass is 311 g/mol. The summed E-state index contributed by atoms with van der Waals surface area (Å²) >= 11 is 0. The van der Waals surface area contributed by atoms with E-state index in [4.69, 9.17) is 4.74 Å². The molecule has 120 valence electrons. The standard InChI is InChI=1S/C17H21N5O/c1-12-14(6-5-7-16(12)23-11-18-2)22(4)17-8-15-13(9-19-17)20-10-21(15)3/h5-10,18H,11H2,1-4H3. The fourth-order valence-electron chi connectivity index (χ4n) is 2.60. The summed E-state index contributed by atoms with van der Waals surface area (Å²) in [6.45, 7) is 2.53. The van der Waals surface area contributed by atoms with E-state index in [0.717, 1.165) is 33.9 Å². The van der Waals surface area contributed by atoms with Crippen molar-refractivity contribution in [2.45, 2.75) is 6.92 Å².